The lowest BCUT2D eigenvalue weighted by molar-refractivity contribution is -0.145. The van der Waals surface area contributed by atoms with E-state index >= 15 is 0 Å². The molecule has 1 heterocycles. The number of anilines is 1. The summed E-state index contributed by atoms with van der Waals surface area (Å²) in [6, 6.07) is 9.00. The Morgan fingerprint density at radius 1 is 1.29 bits per heavy atom. The minimum atomic E-state index is -0.329. The molecule has 0 aliphatic heterocycles. The van der Waals surface area contributed by atoms with Crippen LogP contribution in [0.15, 0.2) is 47.2 Å². The van der Waals surface area contributed by atoms with E-state index in [2.05, 4.69) is 20.9 Å². The number of nitrogens with two attached hydrogens (primary N) is 1. The molecule has 5 nitrogen and oxygen atoms in total. The van der Waals surface area contributed by atoms with Crippen molar-refractivity contribution in [2.75, 3.05) is 12.3 Å². The summed E-state index contributed by atoms with van der Waals surface area (Å²) in [5.74, 6) is 0.242. The monoisotopic (exact) mass is 350 g/mol. The van der Waals surface area contributed by atoms with Gasteiger partial charge in [-0.1, -0.05) is 12.1 Å². The fourth-order valence-electron chi connectivity index (χ4n) is 1.63. The van der Waals surface area contributed by atoms with E-state index in [9.17, 15) is 4.79 Å². The minimum absolute atomic E-state index is 0.162. The summed E-state index contributed by atoms with van der Waals surface area (Å²) in [6.07, 6.45) is 3.48. The number of esters is 1. The summed E-state index contributed by atoms with van der Waals surface area (Å²) in [4.78, 5) is 15.6. The van der Waals surface area contributed by atoms with Crippen LogP contribution in [0.5, 0.6) is 5.75 Å². The number of rotatable bonds is 6. The Hall–Kier alpha value is -2.08. The first-order valence-corrected chi connectivity index (χ1v) is 7.17. The molecule has 2 rings (SSSR count). The van der Waals surface area contributed by atoms with Gasteiger partial charge in [0, 0.05) is 22.4 Å². The molecule has 0 saturated carbocycles. The summed E-state index contributed by atoms with van der Waals surface area (Å²) in [5, 5.41) is 0. The van der Waals surface area contributed by atoms with Crippen molar-refractivity contribution in [3.8, 4) is 5.75 Å². The first-order chi connectivity index (χ1) is 10.1. The van der Waals surface area contributed by atoms with Gasteiger partial charge in [0.05, 0.1) is 18.7 Å². The molecule has 0 radical (unpaired) electrons. The number of ether oxygens (including phenoxy) is 2. The highest BCUT2D eigenvalue weighted by Crippen LogP contribution is 2.19. The number of benzene rings is 1. The third-order valence-corrected chi connectivity index (χ3v) is 3.08. The molecule has 1 aromatic heterocycles. The maximum Gasteiger partial charge on any atom is 0.309 e. The third kappa shape index (κ3) is 5.07. The number of carbonyl (C=O) groups excluding carboxylic acids is 1. The van der Waals surface area contributed by atoms with Crippen molar-refractivity contribution in [3.63, 3.8) is 0 Å². The van der Waals surface area contributed by atoms with Crippen molar-refractivity contribution < 1.29 is 14.3 Å². The predicted octanol–water partition coefficient (Wildman–Crippen LogP) is 2.94. The van der Waals surface area contributed by atoms with Crippen LogP contribution in [0.4, 0.5) is 5.69 Å². The lowest BCUT2D eigenvalue weighted by Crippen LogP contribution is -2.10. The molecule has 0 aliphatic carbocycles. The van der Waals surface area contributed by atoms with Gasteiger partial charge < -0.3 is 15.2 Å². The highest BCUT2D eigenvalue weighted by atomic mass is 79.9. The van der Waals surface area contributed by atoms with Gasteiger partial charge in [0.2, 0.25) is 0 Å². The number of nitrogens with zero attached hydrogens (tertiary/aromatic N) is 1. The fraction of sp³-hybridized carbons (Fsp3) is 0.200. The van der Waals surface area contributed by atoms with Crippen molar-refractivity contribution in [2.24, 2.45) is 0 Å². The maximum atomic E-state index is 11.6. The Bertz CT molecular complexity index is 619. The van der Waals surface area contributed by atoms with Crippen LogP contribution < -0.4 is 10.5 Å². The Labute approximate surface area is 131 Å². The molecular formula is C15H15BrN2O3. The number of carbonyl (C=O) groups is 1. The van der Waals surface area contributed by atoms with Crippen molar-refractivity contribution in [3.05, 3.63) is 52.8 Å². The number of halogens is 1. The van der Waals surface area contributed by atoms with E-state index in [4.69, 9.17) is 15.2 Å². The third-order valence-electron chi connectivity index (χ3n) is 2.64. The first-order valence-electron chi connectivity index (χ1n) is 6.37. The van der Waals surface area contributed by atoms with Gasteiger partial charge in [-0.15, -0.1) is 0 Å². The van der Waals surface area contributed by atoms with E-state index < -0.39 is 0 Å². The molecule has 0 aliphatic rings. The Morgan fingerprint density at radius 2 is 2.10 bits per heavy atom. The van der Waals surface area contributed by atoms with Crippen LogP contribution in [0.1, 0.15) is 12.0 Å². The molecule has 0 atom stereocenters. The summed E-state index contributed by atoms with van der Waals surface area (Å²) in [6.45, 7) is 0.419. The number of nitrogen functional groups attached to an aromatic ring is 1. The van der Waals surface area contributed by atoms with E-state index in [-0.39, 0.29) is 25.6 Å². The zero-order valence-corrected chi connectivity index (χ0v) is 12.9. The minimum Gasteiger partial charge on any atom is -0.491 e. The number of hydrogen-bond acceptors (Lipinski definition) is 5. The molecular weight excluding hydrogens is 336 g/mol. The van der Waals surface area contributed by atoms with Gasteiger partial charge in [0.1, 0.15) is 12.4 Å². The lowest BCUT2D eigenvalue weighted by Gasteiger charge is -2.08. The maximum absolute atomic E-state index is 11.6. The van der Waals surface area contributed by atoms with E-state index in [0.717, 1.165) is 10.0 Å². The van der Waals surface area contributed by atoms with Crippen LogP contribution in [0.3, 0.4) is 0 Å². The highest BCUT2D eigenvalue weighted by molar-refractivity contribution is 9.10. The zero-order valence-electron chi connectivity index (χ0n) is 11.3. The molecule has 1 aromatic carbocycles. The van der Waals surface area contributed by atoms with Gasteiger partial charge in [0.15, 0.2) is 0 Å². The second-order valence-corrected chi connectivity index (χ2v) is 5.22. The first kappa shape index (κ1) is 15.3. The lowest BCUT2D eigenvalue weighted by atomic mass is 10.3. The van der Waals surface area contributed by atoms with Crippen molar-refractivity contribution in [1.82, 2.24) is 4.98 Å². The number of pyridine rings is 1. The molecule has 0 unspecified atom stereocenters. The predicted molar refractivity (Wildman–Crippen MR) is 82.7 cm³/mol. The Morgan fingerprint density at radius 3 is 2.86 bits per heavy atom. The van der Waals surface area contributed by atoms with E-state index in [0.29, 0.717) is 11.4 Å². The molecule has 2 N–H and O–H groups in total. The van der Waals surface area contributed by atoms with Gasteiger partial charge in [-0.2, -0.15) is 0 Å². The normalized spacial score (nSPS) is 10.1. The van der Waals surface area contributed by atoms with Crippen LogP contribution in [-0.4, -0.2) is 17.6 Å². The van der Waals surface area contributed by atoms with E-state index in [1.54, 1.807) is 24.5 Å². The molecule has 6 heteroatoms. The molecule has 0 fully saturated rings. The molecule has 0 saturated heterocycles. The Balaban J connectivity index is 1.72. The average molecular weight is 351 g/mol. The number of aromatic nitrogens is 1. The molecule has 0 spiro atoms. The number of para-hydroxylation sites is 2. The quantitative estimate of drug-likeness (QED) is 0.640. The average Bonchev–Trinajstić information content (AvgIpc) is 2.47. The van der Waals surface area contributed by atoms with Gasteiger partial charge in [-0.3, -0.25) is 9.78 Å². The van der Waals surface area contributed by atoms with E-state index in [1.807, 2.05) is 18.2 Å². The van der Waals surface area contributed by atoms with Gasteiger partial charge in [-0.05, 0) is 34.1 Å². The topological polar surface area (TPSA) is 74.4 Å². The summed E-state index contributed by atoms with van der Waals surface area (Å²) >= 11 is 3.31. The molecule has 0 bridgehead atoms. The van der Waals surface area contributed by atoms with Crippen LogP contribution in [0, 0.1) is 0 Å². The van der Waals surface area contributed by atoms with Gasteiger partial charge in [0.25, 0.3) is 0 Å². The molecule has 2 aromatic rings. The van der Waals surface area contributed by atoms with Crippen LogP contribution in [0.25, 0.3) is 0 Å². The van der Waals surface area contributed by atoms with E-state index in [1.165, 1.54) is 0 Å². The second-order valence-electron chi connectivity index (χ2n) is 4.31. The van der Waals surface area contributed by atoms with Crippen molar-refractivity contribution in [1.29, 1.82) is 0 Å². The van der Waals surface area contributed by atoms with Crippen molar-refractivity contribution in [2.45, 2.75) is 13.0 Å². The summed E-state index contributed by atoms with van der Waals surface area (Å²) < 4.78 is 11.4. The largest absolute Gasteiger partial charge is 0.491 e. The van der Waals surface area contributed by atoms with Crippen LogP contribution in [0.2, 0.25) is 0 Å². The summed E-state index contributed by atoms with van der Waals surface area (Å²) in [7, 11) is 0. The fourth-order valence-corrected chi connectivity index (χ4v) is 2.04. The molecule has 110 valence electrons. The van der Waals surface area contributed by atoms with Crippen molar-refractivity contribution >= 4 is 27.6 Å². The standard InChI is InChI=1S/C15H15BrN2O3/c16-12-7-11(8-18-9-12)10-21-15(19)5-6-20-14-4-2-1-3-13(14)17/h1-4,7-9H,5-6,10,17H2. The SMILES string of the molecule is Nc1ccccc1OCCC(=O)OCc1cncc(Br)c1. The van der Waals surface area contributed by atoms with Crippen LogP contribution in [-0.2, 0) is 16.1 Å². The van der Waals surface area contributed by atoms with Gasteiger partial charge >= 0.3 is 5.97 Å². The van der Waals surface area contributed by atoms with Gasteiger partial charge in [-0.25, -0.2) is 0 Å². The highest BCUT2D eigenvalue weighted by Gasteiger charge is 2.06. The smallest absolute Gasteiger partial charge is 0.309 e. The molecule has 21 heavy (non-hydrogen) atoms. The summed E-state index contributed by atoms with van der Waals surface area (Å²) in [5.41, 5.74) is 7.11. The number of hydrogen-bond donors (Lipinski definition) is 1. The second kappa shape index (κ2) is 7.64. The Kier molecular flexibility index (Phi) is 5.57. The van der Waals surface area contributed by atoms with Crippen LogP contribution >= 0.6 is 15.9 Å². The zero-order chi connectivity index (χ0) is 15.1. The molecule has 0 amide bonds.